The summed E-state index contributed by atoms with van der Waals surface area (Å²) in [5.41, 5.74) is 4.91. The summed E-state index contributed by atoms with van der Waals surface area (Å²) in [6.45, 7) is 1.65. The maximum atomic E-state index is 11.5. The van der Waals surface area contributed by atoms with Gasteiger partial charge in [-0.2, -0.15) is 0 Å². The first-order valence-corrected chi connectivity index (χ1v) is 7.33. The zero-order valence-electron chi connectivity index (χ0n) is 10.8. The fourth-order valence-electron chi connectivity index (χ4n) is 1.36. The first-order valence-electron chi connectivity index (χ1n) is 5.60. The van der Waals surface area contributed by atoms with Crippen LogP contribution in [0.3, 0.4) is 0 Å². The van der Waals surface area contributed by atoms with Crippen LogP contribution in [0, 0.1) is 0 Å². The van der Waals surface area contributed by atoms with Gasteiger partial charge in [0.25, 0.3) is 0 Å². The highest BCUT2D eigenvalue weighted by atomic mass is 32.2. The normalized spacial score (nSPS) is 15.1. The summed E-state index contributed by atoms with van der Waals surface area (Å²) < 4.78 is 10.9. The molecule has 0 aliphatic rings. The third-order valence-corrected chi connectivity index (χ3v) is 3.11. The molecule has 0 aliphatic heterocycles. The fourth-order valence-corrected chi connectivity index (χ4v) is 2.15. The van der Waals surface area contributed by atoms with Crippen LogP contribution in [0.2, 0.25) is 0 Å². The molecule has 0 fully saturated rings. The van der Waals surface area contributed by atoms with Crippen molar-refractivity contribution in [2.45, 2.75) is 31.8 Å². The number of carboxylic acid groups (broad SMARTS) is 1. The highest BCUT2D eigenvalue weighted by molar-refractivity contribution is 7.84. The van der Waals surface area contributed by atoms with Gasteiger partial charge in [0.05, 0.1) is 0 Å². The number of carbonyl (C=O) groups is 3. The highest BCUT2D eigenvalue weighted by Crippen LogP contribution is 1.97. The minimum Gasteiger partial charge on any atom is -0.480 e. The number of aliphatic carboxylic acids is 1. The molecule has 0 spiro atoms. The van der Waals surface area contributed by atoms with E-state index in [1.54, 1.807) is 6.92 Å². The van der Waals surface area contributed by atoms with Crippen molar-refractivity contribution in [3.63, 3.8) is 0 Å². The lowest BCUT2D eigenvalue weighted by Crippen LogP contribution is -2.49. The van der Waals surface area contributed by atoms with Crippen LogP contribution >= 0.6 is 0 Å². The Morgan fingerprint density at radius 1 is 1.32 bits per heavy atom. The van der Waals surface area contributed by atoms with Gasteiger partial charge in [-0.25, -0.2) is 9.59 Å². The van der Waals surface area contributed by atoms with Gasteiger partial charge in [-0.1, -0.05) is 0 Å². The van der Waals surface area contributed by atoms with E-state index < -0.39 is 34.7 Å². The zero-order chi connectivity index (χ0) is 15.0. The molecule has 5 N–H and O–H groups in total. The number of nitrogens with one attached hydrogen (secondary N) is 2. The summed E-state index contributed by atoms with van der Waals surface area (Å²) in [5.74, 6) is -1.61. The van der Waals surface area contributed by atoms with E-state index in [2.05, 4.69) is 10.6 Å². The van der Waals surface area contributed by atoms with Gasteiger partial charge in [-0.15, -0.1) is 0 Å². The van der Waals surface area contributed by atoms with Gasteiger partial charge in [0, 0.05) is 35.3 Å². The largest absolute Gasteiger partial charge is 0.480 e. The van der Waals surface area contributed by atoms with Gasteiger partial charge in [-0.3, -0.25) is 9.00 Å². The number of hydrogen-bond acceptors (Lipinski definition) is 4. The van der Waals surface area contributed by atoms with E-state index in [4.69, 9.17) is 10.8 Å². The molecule has 0 aromatic heterocycles. The number of nitrogens with two attached hydrogens (primary N) is 1. The number of amides is 3. The molecule has 0 aromatic rings. The van der Waals surface area contributed by atoms with Crippen LogP contribution in [-0.2, 0) is 20.4 Å². The quantitative estimate of drug-likeness (QED) is 0.444. The minimum absolute atomic E-state index is 0.0772. The van der Waals surface area contributed by atoms with Crippen molar-refractivity contribution in [3.8, 4) is 0 Å². The molecule has 0 heterocycles. The third kappa shape index (κ3) is 9.00. The van der Waals surface area contributed by atoms with E-state index in [1.807, 2.05) is 0 Å². The molecule has 0 radical (unpaired) electrons. The SMILES string of the molecule is CC(CS(C)=O)NC(=O)N[C@H](CCC(N)=O)C(=O)O. The van der Waals surface area contributed by atoms with Crippen molar-refractivity contribution >= 4 is 28.7 Å². The molecule has 9 heteroatoms. The molecule has 0 aromatic carbocycles. The van der Waals surface area contributed by atoms with Crippen molar-refractivity contribution in [1.29, 1.82) is 0 Å². The number of carboxylic acids is 1. The molecule has 2 unspecified atom stereocenters. The number of carbonyl (C=O) groups excluding carboxylic acids is 2. The summed E-state index contributed by atoms with van der Waals surface area (Å²) >= 11 is 0. The summed E-state index contributed by atoms with van der Waals surface area (Å²) in [4.78, 5) is 32.9. The Morgan fingerprint density at radius 2 is 1.89 bits per heavy atom. The Morgan fingerprint density at radius 3 is 2.32 bits per heavy atom. The summed E-state index contributed by atoms with van der Waals surface area (Å²) in [6.07, 6.45) is 1.29. The molecular weight excluding hydrogens is 274 g/mol. The maximum absolute atomic E-state index is 11.5. The van der Waals surface area contributed by atoms with Gasteiger partial charge in [0.15, 0.2) is 0 Å². The molecule has 0 bridgehead atoms. The van der Waals surface area contributed by atoms with Crippen molar-refractivity contribution < 1.29 is 23.7 Å². The predicted octanol–water partition coefficient (Wildman–Crippen LogP) is -1.23. The van der Waals surface area contributed by atoms with Crippen LogP contribution < -0.4 is 16.4 Å². The monoisotopic (exact) mass is 293 g/mol. The van der Waals surface area contributed by atoms with Crippen LogP contribution in [-0.4, -0.2) is 51.3 Å². The standard InChI is InChI=1S/C10H19N3O5S/c1-6(5-19(2)18)12-10(17)13-7(9(15)16)3-4-8(11)14/h6-7H,3-5H2,1-2H3,(H2,11,14)(H,15,16)(H2,12,13,17)/t6?,7-,19?/m1/s1. The van der Waals surface area contributed by atoms with Crippen LogP contribution in [0.1, 0.15) is 19.8 Å². The number of urea groups is 1. The highest BCUT2D eigenvalue weighted by Gasteiger charge is 2.21. The predicted molar refractivity (Wildman–Crippen MR) is 69.9 cm³/mol. The van der Waals surface area contributed by atoms with E-state index in [0.29, 0.717) is 0 Å². The van der Waals surface area contributed by atoms with Crippen LogP contribution in [0.4, 0.5) is 4.79 Å². The lowest BCUT2D eigenvalue weighted by atomic mass is 10.1. The molecule has 3 atom stereocenters. The van der Waals surface area contributed by atoms with Gasteiger partial charge < -0.3 is 21.5 Å². The average Bonchev–Trinajstić information content (AvgIpc) is 2.21. The fraction of sp³-hybridized carbons (Fsp3) is 0.700. The van der Waals surface area contributed by atoms with Gasteiger partial charge in [0.1, 0.15) is 6.04 Å². The summed E-state index contributed by atoms with van der Waals surface area (Å²) in [5, 5.41) is 13.6. The Balaban J connectivity index is 4.27. The van der Waals surface area contributed by atoms with Crippen LogP contribution in [0.5, 0.6) is 0 Å². The lowest BCUT2D eigenvalue weighted by molar-refractivity contribution is -0.139. The molecule has 8 nitrogen and oxygen atoms in total. The van der Waals surface area contributed by atoms with E-state index >= 15 is 0 Å². The first-order chi connectivity index (χ1) is 8.72. The zero-order valence-corrected chi connectivity index (χ0v) is 11.7. The Bertz CT molecular complexity index is 374. The maximum Gasteiger partial charge on any atom is 0.326 e. The average molecular weight is 293 g/mol. The molecule has 0 rings (SSSR count). The molecular formula is C10H19N3O5S. The lowest BCUT2D eigenvalue weighted by Gasteiger charge is -2.17. The molecule has 19 heavy (non-hydrogen) atoms. The van der Waals surface area contributed by atoms with Gasteiger partial charge in [-0.05, 0) is 13.3 Å². The van der Waals surface area contributed by atoms with Crippen molar-refractivity contribution in [2.24, 2.45) is 5.73 Å². The Kier molecular flexibility index (Phi) is 7.73. The summed E-state index contributed by atoms with van der Waals surface area (Å²) in [7, 11) is -1.06. The molecule has 0 saturated heterocycles. The molecule has 0 saturated carbocycles. The number of hydrogen-bond donors (Lipinski definition) is 4. The first kappa shape index (κ1) is 17.4. The second-order valence-electron chi connectivity index (χ2n) is 4.15. The Hall–Kier alpha value is -1.64. The van der Waals surface area contributed by atoms with E-state index in [0.717, 1.165) is 0 Å². The van der Waals surface area contributed by atoms with Crippen LogP contribution in [0.25, 0.3) is 0 Å². The van der Waals surface area contributed by atoms with E-state index in [1.165, 1.54) is 6.26 Å². The second kappa shape index (κ2) is 8.46. The van der Waals surface area contributed by atoms with Gasteiger partial charge >= 0.3 is 12.0 Å². The van der Waals surface area contributed by atoms with Crippen LogP contribution in [0.15, 0.2) is 0 Å². The molecule has 0 aliphatic carbocycles. The second-order valence-corrected chi connectivity index (χ2v) is 5.63. The minimum atomic E-state index is -1.25. The number of rotatable bonds is 8. The van der Waals surface area contributed by atoms with Crippen molar-refractivity contribution in [3.05, 3.63) is 0 Å². The number of primary amides is 1. The summed E-state index contributed by atoms with van der Waals surface area (Å²) in [6, 6.07) is -2.22. The third-order valence-electron chi connectivity index (χ3n) is 2.15. The molecule has 110 valence electrons. The van der Waals surface area contributed by atoms with Crippen molar-refractivity contribution in [1.82, 2.24) is 10.6 Å². The van der Waals surface area contributed by atoms with Gasteiger partial charge in [0.2, 0.25) is 5.91 Å². The molecule has 3 amide bonds. The van der Waals surface area contributed by atoms with E-state index in [-0.39, 0.29) is 24.6 Å². The smallest absolute Gasteiger partial charge is 0.326 e. The van der Waals surface area contributed by atoms with E-state index in [9.17, 15) is 18.6 Å². The Labute approximate surface area is 113 Å². The van der Waals surface area contributed by atoms with Crippen molar-refractivity contribution in [2.75, 3.05) is 12.0 Å². The topological polar surface area (TPSA) is 139 Å².